The van der Waals surface area contributed by atoms with Crippen molar-refractivity contribution in [2.45, 2.75) is 0 Å². The smallest absolute Gasteiger partial charge is 0.293 e. The van der Waals surface area contributed by atoms with Gasteiger partial charge in [-0.2, -0.15) is 0 Å². The fourth-order valence-corrected chi connectivity index (χ4v) is 1.03. The molecule has 0 N–H and O–H groups in total. The highest BCUT2D eigenvalue weighted by atomic mass is 16.2. The molecule has 3 nitrogen and oxygen atoms in total. The number of amides is 1. The van der Waals surface area contributed by atoms with Crippen LogP contribution in [0.5, 0.6) is 0 Å². The molecular weight excluding hydrogens is 190 g/mol. The lowest BCUT2D eigenvalue weighted by atomic mass is 10.2. The van der Waals surface area contributed by atoms with Gasteiger partial charge in [-0.25, -0.2) is 0 Å². The molecule has 0 bridgehead atoms. The molecule has 0 saturated heterocycles. The number of rotatable bonds is 3. The molecule has 0 saturated carbocycles. The lowest BCUT2D eigenvalue weighted by molar-refractivity contribution is -0.140. The second-order valence-electron chi connectivity index (χ2n) is 3.31. The van der Waals surface area contributed by atoms with E-state index >= 15 is 0 Å². The second kappa shape index (κ2) is 5.10. The lowest BCUT2D eigenvalue weighted by Crippen LogP contribution is -2.28. The third-order valence-corrected chi connectivity index (χ3v) is 1.84. The number of hydrogen-bond acceptors (Lipinski definition) is 2. The minimum Gasteiger partial charge on any atom is -0.342 e. The van der Waals surface area contributed by atoms with Crippen LogP contribution in [0.25, 0.3) is 6.08 Å². The van der Waals surface area contributed by atoms with Crippen LogP contribution in [0.3, 0.4) is 0 Å². The maximum absolute atomic E-state index is 11.3. The Kier molecular flexibility index (Phi) is 3.80. The van der Waals surface area contributed by atoms with Gasteiger partial charge in [-0.15, -0.1) is 0 Å². The molecule has 0 aliphatic rings. The van der Waals surface area contributed by atoms with Crippen molar-refractivity contribution in [3.8, 4) is 0 Å². The standard InChI is InChI=1S/C12H13NO2/c1-13(2)12(15)11(14)9-8-10-6-4-3-5-7-10/h3-9H,1-2H3. The van der Waals surface area contributed by atoms with Gasteiger partial charge < -0.3 is 4.90 Å². The number of carbonyl (C=O) groups excluding carboxylic acids is 2. The van der Waals surface area contributed by atoms with E-state index in [-0.39, 0.29) is 0 Å². The summed E-state index contributed by atoms with van der Waals surface area (Å²) in [6.07, 6.45) is 2.92. The van der Waals surface area contributed by atoms with Gasteiger partial charge >= 0.3 is 0 Å². The van der Waals surface area contributed by atoms with E-state index in [4.69, 9.17) is 0 Å². The molecule has 0 fully saturated rings. The van der Waals surface area contributed by atoms with Gasteiger partial charge in [0.25, 0.3) is 5.91 Å². The first-order valence-corrected chi connectivity index (χ1v) is 4.60. The molecular formula is C12H13NO2. The first-order chi connectivity index (χ1) is 7.11. The number of hydrogen-bond donors (Lipinski definition) is 0. The average molecular weight is 203 g/mol. The first kappa shape index (κ1) is 11.2. The van der Waals surface area contributed by atoms with Crippen molar-refractivity contribution in [1.82, 2.24) is 4.90 Å². The topological polar surface area (TPSA) is 37.4 Å². The summed E-state index contributed by atoms with van der Waals surface area (Å²) in [5, 5.41) is 0. The molecule has 1 rings (SSSR count). The average Bonchev–Trinajstić information content (AvgIpc) is 2.26. The molecule has 0 unspecified atom stereocenters. The number of carbonyl (C=O) groups is 2. The van der Waals surface area contributed by atoms with Gasteiger partial charge in [0.1, 0.15) is 0 Å². The summed E-state index contributed by atoms with van der Waals surface area (Å²) >= 11 is 0. The number of nitrogens with zero attached hydrogens (tertiary/aromatic N) is 1. The molecule has 0 atom stereocenters. The highest BCUT2D eigenvalue weighted by Crippen LogP contribution is 2.01. The maximum atomic E-state index is 11.3. The van der Waals surface area contributed by atoms with Crippen LogP contribution >= 0.6 is 0 Å². The van der Waals surface area contributed by atoms with Crippen LogP contribution < -0.4 is 0 Å². The highest BCUT2D eigenvalue weighted by Gasteiger charge is 2.11. The van der Waals surface area contributed by atoms with Gasteiger partial charge in [-0.05, 0) is 11.6 Å². The van der Waals surface area contributed by atoms with Crippen molar-refractivity contribution in [3.63, 3.8) is 0 Å². The number of ketones is 1. The molecule has 1 amide bonds. The monoisotopic (exact) mass is 203 g/mol. The van der Waals surface area contributed by atoms with Crippen molar-refractivity contribution in [2.75, 3.05) is 14.1 Å². The van der Waals surface area contributed by atoms with E-state index < -0.39 is 11.7 Å². The lowest BCUT2D eigenvalue weighted by Gasteiger charge is -2.05. The van der Waals surface area contributed by atoms with Gasteiger partial charge in [0, 0.05) is 14.1 Å². The molecule has 1 aromatic rings. The van der Waals surface area contributed by atoms with Crippen LogP contribution in [-0.4, -0.2) is 30.7 Å². The summed E-state index contributed by atoms with van der Waals surface area (Å²) in [4.78, 5) is 23.7. The third kappa shape index (κ3) is 3.38. The predicted molar refractivity (Wildman–Crippen MR) is 59.2 cm³/mol. The molecule has 1 aromatic carbocycles. The van der Waals surface area contributed by atoms with Gasteiger partial charge in [-0.1, -0.05) is 36.4 Å². The molecule has 0 aliphatic carbocycles. The van der Waals surface area contributed by atoms with E-state index in [2.05, 4.69) is 0 Å². The van der Waals surface area contributed by atoms with Crippen molar-refractivity contribution < 1.29 is 9.59 Å². The van der Waals surface area contributed by atoms with Crippen LogP contribution in [-0.2, 0) is 9.59 Å². The van der Waals surface area contributed by atoms with Gasteiger partial charge in [0.05, 0.1) is 0 Å². The fraction of sp³-hybridized carbons (Fsp3) is 0.167. The summed E-state index contributed by atoms with van der Waals surface area (Å²) in [5.41, 5.74) is 0.900. The van der Waals surface area contributed by atoms with E-state index in [0.29, 0.717) is 0 Å². The minimum absolute atomic E-state index is 0.510. The van der Waals surface area contributed by atoms with Crippen molar-refractivity contribution >= 4 is 17.8 Å². The van der Waals surface area contributed by atoms with Crippen molar-refractivity contribution in [3.05, 3.63) is 42.0 Å². The molecule has 15 heavy (non-hydrogen) atoms. The fourth-order valence-electron chi connectivity index (χ4n) is 1.03. The Hall–Kier alpha value is -1.90. The van der Waals surface area contributed by atoms with Crippen LogP contribution in [0.1, 0.15) is 5.56 Å². The predicted octanol–water partition coefficient (Wildman–Crippen LogP) is 1.36. The molecule has 0 spiro atoms. The van der Waals surface area contributed by atoms with Gasteiger partial charge in [0.2, 0.25) is 5.78 Å². The molecule has 0 heterocycles. The Bertz CT molecular complexity index is 380. The van der Waals surface area contributed by atoms with Crippen LogP contribution in [0.15, 0.2) is 36.4 Å². The summed E-state index contributed by atoms with van der Waals surface area (Å²) in [7, 11) is 3.10. The molecule has 0 radical (unpaired) electrons. The summed E-state index contributed by atoms with van der Waals surface area (Å²) < 4.78 is 0. The van der Waals surface area contributed by atoms with E-state index in [0.717, 1.165) is 5.56 Å². The molecule has 78 valence electrons. The number of likely N-dealkylation sites (N-methyl/N-ethyl adjacent to an activating group) is 1. The van der Waals surface area contributed by atoms with Crippen LogP contribution in [0.2, 0.25) is 0 Å². The zero-order chi connectivity index (χ0) is 11.3. The Morgan fingerprint density at radius 2 is 1.73 bits per heavy atom. The zero-order valence-corrected chi connectivity index (χ0v) is 8.81. The van der Waals surface area contributed by atoms with Crippen LogP contribution in [0.4, 0.5) is 0 Å². The SMILES string of the molecule is CN(C)C(=O)C(=O)C=Cc1ccccc1. The highest BCUT2D eigenvalue weighted by molar-refractivity contribution is 6.41. The minimum atomic E-state index is -0.512. The summed E-state index contributed by atoms with van der Waals surface area (Å²) in [5.74, 6) is -1.02. The Morgan fingerprint density at radius 1 is 1.13 bits per heavy atom. The molecule has 3 heteroatoms. The molecule has 0 aromatic heterocycles. The number of benzene rings is 1. The van der Waals surface area contributed by atoms with E-state index in [1.165, 1.54) is 11.0 Å². The van der Waals surface area contributed by atoms with Gasteiger partial charge in [-0.3, -0.25) is 9.59 Å². The quantitative estimate of drug-likeness (QED) is 0.549. The normalized spacial score (nSPS) is 10.3. The summed E-state index contributed by atoms with van der Waals surface area (Å²) in [6, 6.07) is 9.37. The Balaban J connectivity index is 2.67. The van der Waals surface area contributed by atoms with Crippen LogP contribution in [0, 0.1) is 0 Å². The van der Waals surface area contributed by atoms with E-state index in [1.807, 2.05) is 30.3 Å². The van der Waals surface area contributed by atoms with E-state index in [9.17, 15) is 9.59 Å². The summed E-state index contributed by atoms with van der Waals surface area (Å²) in [6.45, 7) is 0. The zero-order valence-electron chi connectivity index (χ0n) is 8.81. The third-order valence-electron chi connectivity index (χ3n) is 1.84. The van der Waals surface area contributed by atoms with Crippen molar-refractivity contribution in [1.29, 1.82) is 0 Å². The Labute approximate surface area is 89.0 Å². The Morgan fingerprint density at radius 3 is 2.27 bits per heavy atom. The van der Waals surface area contributed by atoms with E-state index in [1.54, 1.807) is 20.2 Å². The van der Waals surface area contributed by atoms with Gasteiger partial charge in [0.15, 0.2) is 0 Å². The van der Waals surface area contributed by atoms with Crippen molar-refractivity contribution in [2.24, 2.45) is 0 Å². The first-order valence-electron chi connectivity index (χ1n) is 4.60. The molecule has 0 aliphatic heterocycles. The largest absolute Gasteiger partial charge is 0.342 e. The maximum Gasteiger partial charge on any atom is 0.293 e. The second-order valence-corrected chi connectivity index (χ2v) is 3.31.